The molecule has 2 aromatic carbocycles. The van der Waals surface area contributed by atoms with Crippen LogP contribution in [0, 0.1) is 20.2 Å². The molecule has 1 unspecified atom stereocenters. The van der Waals surface area contributed by atoms with Gasteiger partial charge in [0.1, 0.15) is 13.2 Å². The van der Waals surface area contributed by atoms with Crippen LogP contribution in [-0.2, 0) is 27.6 Å². The van der Waals surface area contributed by atoms with E-state index in [9.17, 15) is 14.9 Å². The van der Waals surface area contributed by atoms with Crippen molar-refractivity contribution in [1.29, 1.82) is 0 Å². The van der Waals surface area contributed by atoms with Crippen LogP contribution in [0.2, 0.25) is 0 Å². The van der Waals surface area contributed by atoms with E-state index in [-0.39, 0.29) is 19.2 Å². The number of benzene rings is 2. The molecule has 11 heteroatoms. The Bertz CT molecular complexity index is 1070. The Hall–Kier alpha value is -4.54. The summed E-state index contributed by atoms with van der Waals surface area (Å²) in [6.45, 7) is 1.52. The summed E-state index contributed by atoms with van der Waals surface area (Å²) >= 11 is 0. The minimum atomic E-state index is -1.50. The van der Waals surface area contributed by atoms with Gasteiger partial charge < -0.3 is 14.8 Å². The highest BCUT2D eigenvalue weighted by Crippen LogP contribution is 2.23. The van der Waals surface area contributed by atoms with E-state index in [4.69, 9.17) is 20.1 Å². The molecule has 3 aromatic rings. The molecule has 0 radical (unpaired) electrons. The van der Waals surface area contributed by atoms with E-state index in [1.165, 1.54) is 0 Å². The van der Waals surface area contributed by atoms with Crippen LogP contribution in [0.5, 0.6) is 0 Å². The number of aromatic nitrogens is 1. The lowest BCUT2D eigenvalue weighted by Gasteiger charge is -2.13. The number of esters is 1. The molecular weight excluding hydrogens is 434 g/mol. The van der Waals surface area contributed by atoms with Crippen molar-refractivity contribution < 1.29 is 29.7 Å². The first-order valence-electron chi connectivity index (χ1n) is 9.63. The maximum Gasteiger partial charge on any atom is 0.313 e. The summed E-state index contributed by atoms with van der Waals surface area (Å²) < 4.78 is 5.36. The van der Waals surface area contributed by atoms with Gasteiger partial charge >= 0.3 is 5.97 Å². The zero-order valence-electron chi connectivity index (χ0n) is 17.6. The third kappa shape index (κ3) is 8.61. The average molecular weight is 455 g/mol. The molecule has 1 N–H and O–H groups in total. The second-order valence-corrected chi connectivity index (χ2v) is 6.67. The summed E-state index contributed by atoms with van der Waals surface area (Å²) in [6.07, 6.45) is 0. The van der Waals surface area contributed by atoms with Crippen molar-refractivity contribution in [1.82, 2.24) is 4.98 Å². The molecule has 0 spiro atoms. The van der Waals surface area contributed by atoms with E-state index in [1.54, 1.807) is 25.1 Å². The van der Waals surface area contributed by atoms with E-state index >= 15 is 0 Å². The van der Waals surface area contributed by atoms with Crippen LogP contribution in [0.15, 0.2) is 72.8 Å². The highest BCUT2D eigenvalue weighted by atomic mass is 16.9. The monoisotopic (exact) mass is 455 g/mol. The number of ether oxygens (including phenoxy) is 1. The molecule has 0 bridgehead atoms. The Labute approximate surface area is 188 Å². The van der Waals surface area contributed by atoms with Crippen molar-refractivity contribution in [3.05, 3.63) is 110 Å². The number of rotatable bonds is 8. The predicted molar refractivity (Wildman–Crippen MR) is 115 cm³/mol. The highest BCUT2D eigenvalue weighted by Gasteiger charge is 2.17. The summed E-state index contributed by atoms with van der Waals surface area (Å²) in [5, 5.41) is 23.0. The lowest BCUT2D eigenvalue weighted by molar-refractivity contribution is -0.763. The van der Waals surface area contributed by atoms with Gasteiger partial charge in [-0.1, -0.05) is 60.7 Å². The third-order valence-electron chi connectivity index (χ3n) is 4.42. The second-order valence-electron chi connectivity index (χ2n) is 6.67. The fraction of sp³-hybridized carbons (Fsp3) is 0.182. The molecule has 3 rings (SSSR count). The van der Waals surface area contributed by atoms with Gasteiger partial charge in [0.05, 0.1) is 17.3 Å². The zero-order valence-corrected chi connectivity index (χ0v) is 17.6. The quantitative estimate of drug-likeness (QED) is 0.302. The predicted octanol–water partition coefficient (Wildman–Crippen LogP) is 3.96. The van der Waals surface area contributed by atoms with E-state index in [0.29, 0.717) is 11.4 Å². The standard InChI is InChI=1S/C22H20N2O5.HNO3/c1-16(17-10-12-19(13-11-17)18-6-3-2-4-7-18)22(25)28-14-20-8-5-9-21(23-20)15-29-24(26)27;2-1(3)4/h2-13,16H,14-15H2,1H3;(H,2,3,4). The summed E-state index contributed by atoms with van der Waals surface area (Å²) in [5.41, 5.74) is 3.93. The molecule has 172 valence electrons. The smallest absolute Gasteiger partial charge is 0.313 e. The number of hydrogen-bond acceptors (Lipinski definition) is 8. The Morgan fingerprint density at radius 1 is 0.909 bits per heavy atom. The van der Waals surface area contributed by atoms with Gasteiger partial charge in [-0.05, 0) is 35.7 Å². The minimum Gasteiger partial charge on any atom is -0.459 e. The fourth-order valence-electron chi connectivity index (χ4n) is 2.81. The number of hydrogen-bond donors (Lipinski definition) is 1. The molecule has 0 aliphatic heterocycles. The minimum absolute atomic E-state index is 0.0163. The van der Waals surface area contributed by atoms with Crippen LogP contribution in [0.4, 0.5) is 0 Å². The summed E-state index contributed by atoms with van der Waals surface area (Å²) in [6, 6.07) is 22.8. The molecule has 1 aromatic heterocycles. The van der Waals surface area contributed by atoms with Crippen molar-refractivity contribution in [3.63, 3.8) is 0 Å². The van der Waals surface area contributed by atoms with Gasteiger partial charge in [0.15, 0.2) is 0 Å². The maximum atomic E-state index is 12.4. The topological polar surface area (TPSA) is 155 Å². The SMILES string of the molecule is CC(C(=O)OCc1cccc(CO[N+](=O)[O-])n1)c1ccc(-c2ccccc2)cc1.O=[N+]([O-])O. The fourth-order valence-corrected chi connectivity index (χ4v) is 2.81. The summed E-state index contributed by atoms with van der Waals surface area (Å²) in [7, 11) is 0. The van der Waals surface area contributed by atoms with Gasteiger partial charge in [-0.25, -0.2) is 0 Å². The Balaban J connectivity index is 0.000000890. The Kier molecular flexibility index (Phi) is 9.25. The van der Waals surface area contributed by atoms with Crippen molar-refractivity contribution in [2.24, 2.45) is 0 Å². The molecule has 0 amide bonds. The van der Waals surface area contributed by atoms with Crippen molar-refractivity contribution in [2.75, 3.05) is 0 Å². The van der Waals surface area contributed by atoms with Crippen LogP contribution in [-0.4, -0.2) is 26.3 Å². The number of carbonyl (C=O) groups is 1. The van der Waals surface area contributed by atoms with Crippen molar-refractivity contribution in [3.8, 4) is 11.1 Å². The number of nitrogens with zero attached hydrogens (tertiary/aromatic N) is 3. The first-order chi connectivity index (χ1) is 15.8. The van der Waals surface area contributed by atoms with Crippen molar-refractivity contribution >= 4 is 5.97 Å². The Morgan fingerprint density at radius 3 is 2.03 bits per heavy atom. The molecular formula is C22H21N3O8. The van der Waals surface area contributed by atoms with Gasteiger partial charge in [-0.3, -0.25) is 9.78 Å². The molecule has 0 saturated heterocycles. The maximum absolute atomic E-state index is 12.4. The van der Waals surface area contributed by atoms with Gasteiger partial charge in [0, 0.05) is 0 Å². The molecule has 0 fully saturated rings. The molecule has 0 saturated carbocycles. The molecule has 11 nitrogen and oxygen atoms in total. The number of carbonyl (C=O) groups excluding carboxylic acids is 1. The first kappa shape index (κ1) is 24.7. The number of pyridine rings is 1. The van der Waals surface area contributed by atoms with Crippen LogP contribution < -0.4 is 0 Å². The summed E-state index contributed by atoms with van der Waals surface area (Å²) in [4.78, 5) is 39.5. The Morgan fingerprint density at radius 2 is 1.45 bits per heavy atom. The molecule has 0 aliphatic carbocycles. The van der Waals surface area contributed by atoms with Crippen LogP contribution >= 0.6 is 0 Å². The zero-order chi connectivity index (χ0) is 24.2. The molecule has 33 heavy (non-hydrogen) atoms. The molecule has 1 atom stereocenters. The second kappa shape index (κ2) is 12.3. The normalized spacial score (nSPS) is 10.8. The van der Waals surface area contributed by atoms with Crippen molar-refractivity contribution in [2.45, 2.75) is 26.1 Å². The molecule has 1 heterocycles. The lowest BCUT2D eigenvalue weighted by atomic mass is 9.97. The van der Waals surface area contributed by atoms with E-state index in [1.807, 2.05) is 54.6 Å². The van der Waals surface area contributed by atoms with E-state index < -0.39 is 16.1 Å². The van der Waals surface area contributed by atoms with Gasteiger partial charge in [-0.2, -0.15) is 0 Å². The van der Waals surface area contributed by atoms with Crippen LogP contribution in [0.25, 0.3) is 11.1 Å². The van der Waals surface area contributed by atoms with Gasteiger partial charge in [0.2, 0.25) is 0 Å². The highest BCUT2D eigenvalue weighted by molar-refractivity contribution is 5.78. The average Bonchev–Trinajstić information content (AvgIpc) is 2.81. The van der Waals surface area contributed by atoms with Crippen LogP contribution in [0.3, 0.4) is 0 Å². The van der Waals surface area contributed by atoms with Crippen LogP contribution in [0.1, 0.15) is 29.8 Å². The first-order valence-corrected chi connectivity index (χ1v) is 9.63. The van der Waals surface area contributed by atoms with E-state index in [0.717, 1.165) is 16.7 Å². The largest absolute Gasteiger partial charge is 0.459 e. The lowest BCUT2D eigenvalue weighted by Crippen LogP contribution is -2.14. The van der Waals surface area contributed by atoms with E-state index in [2.05, 4.69) is 9.82 Å². The molecule has 0 aliphatic rings. The van der Waals surface area contributed by atoms with Gasteiger partial charge in [-0.15, -0.1) is 20.2 Å². The summed E-state index contributed by atoms with van der Waals surface area (Å²) in [5.74, 6) is -0.799. The van der Waals surface area contributed by atoms with Gasteiger partial charge in [0.25, 0.3) is 10.2 Å². The third-order valence-corrected chi connectivity index (χ3v) is 4.42.